The summed E-state index contributed by atoms with van der Waals surface area (Å²) in [7, 11) is 3.33. The first kappa shape index (κ1) is 21.9. The topological polar surface area (TPSA) is 66.6 Å². The van der Waals surface area contributed by atoms with E-state index in [0.717, 1.165) is 45.6 Å². The first-order valence-corrected chi connectivity index (χ1v) is 11.5. The number of carbonyl (C=O) groups excluding carboxylic acids is 1. The Morgan fingerprint density at radius 2 is 1.79 bits per heavy atom. The second kappa shape index (κ2) is 9.14. The molecule has 34 heavy (non-hydrogen) atoms. The number of nitrogens with one attached hydrogen (secondary N) is 2. The second-order valence-corrected chi connectivity index (χ2v) is 8.70. The van der Waals surface area contributed by atoms with Crippen LogP contribution in [0.3, 0.4) is 0 Å². The highest BCUT2D eigenvalue weighted by Crippen LogP contribution is 2.39. The Hall–Kier alpha value is -3.93. The maximum atomic E-state index is 13.5. The van der Waals surface area contributed by atoms with Gasteiger partial charge in [-0.15, -0.1) is 0 Å². The first-order valence-electron chi connectivity index (χ1n) is 11.5. The molecule has 1 atom stereocenters. The Morgan fingerprint density at radius 1 is 1.03 bits per heavy atom. The molecule has 0 aliphatic carbocycles. The van der Waals surface area contributed by atoms with Gasteiger partial charge >= 0.3 is 6.03 Å². The summed E-state index contributed by atoms with van der Waals surface area (Å²) in [6.07, 6.45) is 0.775. The summed E-state index contributed by atoms with van der Waals surface area (Å²) in [6.45, 7) is 3.13. The van der Waals surface area contributed by atoms with E-state index in [1.807, 2.05) is 41.3 Å². The fraction of sp³-hybridized carbons (Fsp3) is 0.250. The number of methoxy groups -OCH3 is 2. The minimum Gasteiger partial charge on any atom is -0.497 e. The van der Waals surface area contributed by atoms with Gasteiger partial charge in [-0.05, 0) is 60.4 Å². The number of benzene rings is 3. The smallest absolute Gasteiger partial charge is 0.318 e. The lowest BCUT2D eigenvalue weighted by Crippen LogP contribution is -2.45. The summed E-state index contributed by atoms with van der Waals surface area (Å²) >= 11 is 0. The number of urea groups is 1. The zero-order valence-electron chi connectivity index (χ0n) is 19.7. The van der Waals surface area contributed by atoms with Gasteiger partial charge in [-0.3, -0.25) is 0 Å². The van der Waals surface area contributed by atoms with E-state index < -0.39 is 0 Å². The summed E-state index contributed by atoms with van der Waals surface area (Å²) in [6, 6.07) is 22.0. The molecule has 0 saturated heterocycles. The lowest BCUT2D eigenvalue weighted by atomic mass is 9.92. The van der Waals surface area contributed by atoms with Gasteiger partial charge in [0.05, 0.1) is 20.3 Å². The number of aromatic amines is 1. The van der Waals surface area contributed by atoms with Crippen molar-refractivity contribution in [3.8, 4) is 11.5 Å². The van der Waals surface area contributed by atoms with E-state index in [1.54, 1.807) is 14.2 Å². The van der Waals surface area contributed by atoms with Gasteiger partial charge < -0.3 is 24.7 Å². The minimum atomic E-state index is -0.201. The molecule has 0 spiro atoms. The van der Waals surface area contributed by atoms with Gasteiger partial charge in [0, 0.05) is 29.7 Å². The molecule has 174 valence electrons. The third-order valence-corrected chi connectivity index (χ3v) is 6.57. The zero-order chi connectivity index (χ0) is 23.7. The Morgan fingerprint density at radius 3 is 2.56 bits per heavy atom. The van der Waals surface area contributed by atoms with Crippen LogP contribution in [0, 0.1) is 6.92 Å². The molecule has 4 aromatic rings. The molecule has 0 bridgehead atoms. The molecule has 1 aliphatic heterocycles. The number of hydrogen-bond donors (Lipinski definition) is 2. The molecule has 2 N–H and O–H groups in total. The van der Waals surface area contributed by atoms with Crippen LogP contribution in [0.2, 0.25) is 0 Å². The lowest BCUT2D eigenvalue weighted by Gasteiger charge is -2.36. The van der Waals surface area contributed by atoms with Crippen molar-refractivity contribution in [3.63, 3.8) is 0 Å². The molecule has 1 aromatic heterocycles. The van der Waals surface area contributed by atoms with E-state index in [1.165, 1.54) is 11.1 Å². The van der Waals surface area contributed by atoms with Crippen molar-refractivity contribution in [2.24, 2.45) is 0 Å². The minimum absolute atomic E-state index is 0.0877. The van der Waals surface area contributed by atoms with Crippen molar-refractivity contribution in [2.75, 3.05) is 20.8 Å². The number of nitrogens with zero attached hydrogens (tertiary/aromatic N) is 1. The van der Waals surface area contributed by atoms with Crippen LogP contribution in [0.1, 0.15) is 34.0 Å². The van der Waals surface area contributed by atoms with Gasteiger partial charge in [0.25, 0.3) is 0 Å². The summed E-state index contributed by atoms with van der Waals surface area (Å²) in [5, 5.41) is 4.27. The van der Waals surface area contributed by atoms with Crippen LogP contribution in [0.25, 0.3) is 10.9 Å². The van der Waals surface area contributed by atoms with E-state index >= 15 is 0 Å². The molecule has 2 amide bonds. The molecule has 0 saturated carbocycles. The molecule has 0 radical (unpaired) electrons. The van der Waals surface area contributed by atoms with E-state index in [4.69, 9.17) is 9.47 Å². The number of aromatic nitrogens is 1. The Labute approximate surface area is 199 Å². The second-order valence-electron chi connectivity index (χ2n) is 8.70. The molecule has 5 rings (SSSR count). The van der Waals surface area contributed by atoms with Crippen molar-refractivity contribution in [1.82, 2.24) is 15.2 Å². The van der Waals surface area contributed by atoms with E-state index in [9.17, 15) is 4.79 Å². The fourth-order valence-electron chi connectivity index (χ4n) is 4.77. The van der Waals surface area contributed by atoms with E-state index in [0.29, 0.717) is 13.1 Å². The number of carbonyl (C=O) groups is 1. The SMILES string of the molecule is COc1cccc(CNC(=O)N2CCc3c([nH]c4ccc(OC)cc34)[C@H]2c2ccc(C)cc2)c1. The molecule has 6 nitrogen and oxygen atoms in total. The first-order chi connectivity index (χ1) is 16.6. The van der Waals surface area contributed by atoms with Gasteiger partial charge in [-0.25, -0.2) is 4.79 Å². The Kier molecular flexibility index (Phi) is 5.88. The van der Waals surface area contributed by atoms with Crippen molar-refractivity contribution >= 4 is 16.9 Å². The van der Waals surface area contributed by atoms with Crippen molar-refractivity contribution in [2.45, 2.75) is 25.9 Å². The summed E-state index contributed by atoms with van der Waals surface area (Å²) in [4.78, 5) is 19.0. The highest BCUT2D eigenvalue weighted by molar-refractivity contribution is 5.87. The average Bonchev–Trinajstić information content (AvgIpc) is 3.25. The number of aryl methyl sites for hydroxylation is 1. The molecular formula is C28H29N3O3. The summed E-state index contributed by atoms with van der Waals surface area (Å²) in [5.41, 5.74) is 6.64. The standard InChI is InChI=1S/C28H29N3O3/c1-18-7-9-20(10-8-18)27-26-23(24-16-22(34-3)11-12-25(24)30-26)13-14-31(27)28(32)29-17-19-5-4-6-21(15-19)33-2/h4-12,15-16,27,30H,13-14,17H2,1-3H3,(H,29,32)/t27-/m1/s1. The van der Waals surface area contributed by atoms with E-state index in [2.05, 4.69) is 47.6 Å². The number of H-pyrrole nitrogens is 1. The third kappa shape index (κ3) is 4.07. The maximum Gasteiger partial charge on any atom is 0.318 e. The van der Waals surface area contributed by atoms with Crippen LogP contribution >= 0.6 is 0 Å². The van der Waals surface area contributed by atoms with Crippen molar-refractivity contribution in [1.29, 1.82) is 0 Å². The van der Waals surface area contributed by atoms with Crippen LogP contribution < -0.4 is 14.8 Å². The molecule has 0 unspecified atom stereocenters. The average molecular weight is 456 g/mol. The number of hydrogen-bond acceptors (Lipinski definition) is 3. The van der Waals surface area contributed by atoms with Crippen LogP contribution in [0.5, 0.6) is 11.5 Å². The predicted molar refractivity (Wildman–Crippen MR) is 134 cm³/mol. The summed E-state index contributed by atoms with van der Waals surface area (Å²) < 4.78 is 10.8. The predicted octanol–water partition coefficient (Wildman–Crippen LogP) is 5.35. The Bertz CT molecular complexity index is 1330. The van der Waals surface area contributed by atoms with Gasteiger partial charge in [-0.2, -0.15) is 0 Å². The number of ether oxygens (including phenoxy) is 2. The van der Waals surface area contributed by atoms with Gasteiger partial charge in [0.2, 0.25) is 0 Å². The highest BCUT2D eigenvalue weighted by Gasteiger charge is 2.34. The van der Waals surface area contributed by atoms with Crippen LogP contribution in [0.4, 0.5) is 4.79 Å². The normalized spacial score (nSPS) is 15.1. The van der Waals surface area contributed by atoms with Crippen LogP contribution in [-0.4, -0.2) is 36.7 Å². The highest BCUT2D eigenvalue weighted by atomic mass is 16.5. The van der Waals surface area contributed by atoms with Gasteiger partial charge in [0.1, 0.15) is 11.5 Å². The molecule has 3 aromatic carbocycles. The largest absolute Gasteiger partial charge is 0.497 e. The number of fused-ring (bicyclic) bond motifs is 3. The molecular weight excluding hydrogens is 426 g/mol. The maximum absolute atomic E-state index is 13.5. The zero-order valence-corrected chi connectivity index (χ0v) is 19.7. The van der Waals surface area contributed by atoms with Crippen LogP contribution in [-0.2, 0) is 13.0 Å². The molecule has 2 heterocycles. The quantitative estimate of drug-likeness (QED) is 0.426. The van der Waals surface area contributed by atoms with Crippen LogP contribution in [0.15, 0.2) is 66.7 Å². The van der Waals surface area contributed by atoms with E-state index in [-0.39, 0.29) is 12.1 Å². The monoisotopic (exact) mass is 455 g/mol. The third-order valence-electron chi connectivity index (χ3n) is 6.57. The summed E-state index contributed by atoms with van der Waals surface area (Å²) in [5.74, 6) is 1.61. The fourth-order valence-corrected chi connectivity index (χ4v) is 4.77. The molecule has 1 aliphatic rings. The molecule has 6 heteroatoms. The Balaban J connectivity index is 1.49. The lowest BCUT2D eigenvalue weighted by molar-refractivity contribution is 0.179. The van der Waals surface area contributed by atoms with Crippen molar-refractivity contribution < 1.29 is 14.3 Å². The number of rotatable bonds is 5. The number of amides is 2. The molecule has 0 fully saturated rings. The van der Waals surface area contributed by atoms with Gasteiger partial charge in [-0.1, -0.05) is 42.0 Å². The van der Waals surface area contributed by atoms with Gasteiger partial charge in [0.15, 0.2) is 0 Å². The van der Waals surface area contributed by atoms with Crippen molar-refractivity contribution in [3.05, 3.63) is 94.7 Å².